The summed E-state index contributed by atoms with van der Waals surface area (Å²) in [7, 11) is 0. The third kappa shape index (κ3) is 4.83. The average Bonchev–Trinajstić information content (AvgIpc) is 2.35. The second-order valence-electron chi connectivity index (χ2n) is 5.27. The Balaban J connectivity index is 2.39. The van der Waals surface area contributed by atoms with E-state index in [2.05, 4.69) is 15.8 Å². The Bertz CT molecular complexity index is 350. The molecule has 0 unspecified atom stereocenters. The normalized spacial score (nSPS) is 15.9. The number of rotatable bonds is 6. The Hall–Kier alpha value is -1.43. The van der Waals surface area contributed by atoms with E-state index in [1.165, 1.54) is 0 Å². The van der Waals surface area contributed by atoms with E-state index in [0.717, 1.165) is 12.8 Å². The highest BCUT2D eigenvalue weighted by Gasteiger charge is 2.22. The fraction of sp³-hybridized carbons (Fsp3) is 0.750. The van der Waals surface area contributed by atoms with E-state index in [9.17, 15) is 9.59 Å². The fourth-order valence-electron chi connectivity index (χ4n) is 1.71. The van der Waals surface area contributed by atoms with Crippen molar-refractivity contribution in [1.29, 1.82) is 0 Å². The standard InChI is InChI=1S/C12H21N3O3/c1-12(2,6-3-7-16)8-13-11(18)9-4-5-10(17)15-14-9/h16H,3-8H2,1-2H3,(H,13,18)(H,15,17). The second kappa shape index (κ2) is 6.49. The molecule has 18 heavy (non-hydrogen) atoms. The molecular formula is C12H21N3O3. The number of carbonyl (C=O) groups excluding carboxylic acids is 2. The van der Waals surface area contributed by atoms with Gasteiger partial charge in [-0.3, -0.25) is 9.59 Å². The highest BCUT2D eigenvalue weighted by Crippen LogP contribution is 2.20. The van der Waals surface area contributed by atoms with Gasteiger partial charge in [-0.2, -0.15) is 5.10 Å². The molecular weight excluding hydrogens is 234 g/mol. The van der Waals surface area contributed by atoms with Gasteiger partial charge in [-0.05, 0) is 18.3 Å². The number of hydrazone groups is 1. The lowest BCUT2D eigenvalue weighted by Gasteiger charge is -2.25. The van der Waals surface area contributed by atoms with Crippen molar-refractivity contribution < 1.29 is 14.7 Å². The monoisotopic (exact) mass is 255 g/mol. The lowest BCUT2D eigenvalue weighted by Crippen LogP contribution is -2.40. The molecule has 0 aliphatic carbocycles. The Morgan fingerprint density at radius 3 is 2.78 bits per heavy atom. The zero-order valence-corrected chi connectivity index (χ0v) is 11.0. The van der Waals surface area contributed by atoms with Crippen LogP contribution in [-0.2, 0) is 9.59 Å². The lowest BCUT2D eigenvalue weighted by molar-refractivity contribution is -0.121. The molecule has 1 heterocycles. The number of aliphatic hydroxyl groups is 1. The molecule has 0 aromatic carbocycles. The van der Waals surface area contributed by atoms with Gasteiger partial charge in [-0.1, -0.05) is 13.8 Å². The van der Waals surface area contributed by atoms with Crippen LogP contribution in [0.3, 0.4) is 0 Å². The summed E-state index contributed by atoms with van der Waals surface area (Å²) in [6, 6.07) is 0. The molecule has 0 saturated carbocycles. The molecule has 3 N–H and O–H groups in total. The van der Waals surface area contributed by atoms with E-state index in [0.29, 0.717) is 25.1 Å². The molecule has 0 radical (unpaired) electrons. The summed E-state index contributed by atoms with van der Waals surface area (Å²) in [6.07, 6.45) is 2.25. The molecule has 0 saturated heterocycles. The van der Waals surface area contributed by atoms with Gasteiger partial charge in [0.05, 0.1) is 0 Å². The van der Waals surface area contributed by atoms with Crippen LogP contribution < -0.4 is 10.7 Å². The Morgan fingerprint density at radius 1 is 1.50 bits per heavy atom. The predicted molar refractivity (Wildman–Crippen MR) is 67.9 cm³/mol. The third-order valence-electron chi connectivity index (χ3n) is 2.91. The Morgan fingerprint density at radius 2 is 2.22 bits per heavy atom. The van der Waals surface area contributed by atoms with Crippen molar-refractivity contribution in [3.63, 3.8) is 0 Å². The molecule has 0 aromatic heterocycles. The SMILES string of the molecule is CC(C)(CCCO)CNC(=O)C1=NNC(=O)CC1. The number of aliphatic hydroxyl groups excluding tert-OH is 1. The van der Waals surface area contributed by atoms with E-state index in [1.54, 1.807) is 0 Å². The van der Waals surface area contributed by atoms with Crippen molar-refractivity contribution in [2.24, 2.45) is 10.5 Å². The van der Waals surface area contributed by atoms with Crippen LogP contribution in [0.25, 0.3) is 0 Å². The molecule has 102 valence electrons. The van der Waals surface area contributed by atoms with Gasteiger partial charge in [-0.25, -0.2) is 5.43 Å². The fourth-order valence-corrected chi connectivity index (χ4v) is 1.71. The van der Waals surface area contributed by atoms with Gasteiger partial charge in [0.2, 0.25) is 5.91 Å². The van der Waals surface area contributed by atoms with Gasteiger partial charge in [0.1, 0.15) is 5.71 Å². The van der Waals surface area contributed by atoms with Gasteiger partial charge >= 0.3 is 0 Å². The van der Waals surface area contributed by atoms with Gasteiger partial charge in [-0.15, -0.1) is 0 Å². The maximum absolute atomic E-state index is 11.8. The van der Waals surface area contributed by atoms with Crippen molar-refractivity contribution in [2.45, 2.75) is 39.5 Å². The van der Waals surface area contributed by atoms with Gasteiger partial charge in [0.15, 0.2) is 0 Å². The quantitative estimate of drug-likeness (QED) is 0.631. The van der Waals surface area contributed by atoms with Crippen molar-refractivity contribution in [2.75, 3.05) is 13.2 Å². The van der Waals surface area contributed by atoms with Crippen LogP contribution in [0, 0.1) is 5.41 Å². The number of nitrogens with one attached hydrogen (secondary N) is 2. The van der Waals surface area contributed by atoms with Crippen LogP contribution in [0.4, 0.5) is 0 Å². The maximum Gasteiger partial charge on any atom is 0.267 e. The molecule has 0 fully saturated rings. The average molecular weight is 255 g/mol. The molecule has 1 aliphatic heterocycles. The first-order chi connectivity index (χ1) is 8.44. The second-order valence-corrected chi connectivity index (χ2v) is 5.27. The minimum Gasteiger partial charge on any atom is -0.396 e. The lowest BCUT2D eigenvalue weighted by atomic mass is 9.88. The van der Waals surface area contributed by atoms with Crippen LogP contribution >= 0.6 is 0 Å². The summed E-state index contributed by atoms with van der Waals surface area (Å²) < 4.78 is 0. The minimum atomic E-state index is -0.230. The number of hydrogen-bond donors (Lipinski definition) is 3. The molecule has 6 heteroatoms. The van der Waals surface area contributed by atoms with Crippen molar-refractivity contribution in [3.8, 4) is 0 Å². The predicted octanol–water partition coefficient (Wildman–Crippen LogP) is 0.167. The summed E-state index contributed by atoms with van der Waals surface area (Å²) in [6.45, 7) is 4.76. The first-order valence-corrected chi connectivity index (χ1v) is 6.19. The number of carbonyl (C=O) groups is 2. The topological polar surface area (TPSA) is 90.8 Å². The van der Waals surface area contributed by atoms with E-state index >= 15 is 0 Å². The van der Waals surface area contributed by atoms with Crippen molar-refractivity contribution in [3.05, 3.63) is 0 Å². The molecule has 0 spiro atoms. The van der Waals surface area contributed by atoms with Crippen LogP contribution in [0.15, 0.2) is 5.10 Å². The zero-order valence-electron chi connectivity index (χ0n) is 11.0. The number of hydrogen-bond acceptors (Lipinski definition) is 4. The largest absolute Gasteiger partial charge is 0.396 e. The molecule has 0 atom stereocenters. The van der Waals surface area contributed by atoms with E-state index in [4.69, 9.17) is 5.11 Å². The third-order valence-corrected chi connectivity index (χ3v) is 2.91. The molecule has 1 aliphatic rings. The minimum absolute atomic E-state index is 0.0587. The van der Waals surface area contributed by atoms with E-state index in [-0.39, 0.29) is 23.8 Å². The number of nitrogens with zero attached hydrogens (tertiary/aromatic N) is 1. The summed E-state index contributed by atoms with van der Waals surface area (Å²) in [5.74, 6) is -0.387. The summed E-state index contributed by atoms with van der Waals surface area (Å²) in [5, 5.41) is 15.3. The van der Waals surface area contributed by atoms with Crippen LogP contribution in [0.2, 0.25) is 0 Å². The van der Waals surface area contributed by atoms with Crippen LogP contribution in [-0.4, -0.2) is 35.8 Å². The van der Waals surface area contributed by atoms with Gasteiger partial charge in [0.25, 0.3) is 5.91 Å². The highest BCUT2D eigenvalue weighted by atomic mass is 16.3. The van der Waals surface area contributed by atoms with E-state index < -0.39 is 0 Å². The highest BCUT2D eigenvalue weighted by molar-refractivity contribution is 6.39. The van der Waals surface area contributed by atoms with Crippen LogP contribution in [0.1, 0.15) is 39.5 Å². The first-order valence-electron chi connectivity index (χ1n) is 6.19. The molecule has 2 amide bonds. The number of amides is 2. The smallest absolute Gasteiger partial charge is 0.267 e. The summed E-state index contributed by atoms with van der Waals surface area (Å²) >= 11 is 0. The van der Waals surface area contributed by atoms with Gasteiger partial charge in [0, 0.05) is 26.0 Å². The Kier molecular flexibility index (Phi) is 5.27. The van der Waals surface area contributed by atoms with Crippen molar-refractivity contribution >= 4 is 17.5 Å². The van der Waals surface area contributed by atoms with Gasteiger partial charge < -0.3 is 10.4 Å². The summed E-state index contributed by atoms with van der Waals surface area (Å²) in [4.78, 5) is 22.7. The molecule has 6 nitrogen and oxygen atoms in total. The van der Waals surface area contributed by atoms with Crippen LogP contribution in [0.5, 0.6) is 0 Å². The Labute approximate surface area is 107 Å². The zero-order chi connectivity index (χ0) is 13.6. The maximum atomic E-state index is 11.8. The molecule has 0 aromatic rings. The van der Waals surface area contributed by atoms with E-state index in [1.807, 2.05) is 13.8 Å². The first kappa shape index (κ1) is 14.6. The molecule has 1 rings (SSSR count). The van der Waals surface area contributed by atoms with Crippen molar-refractivity contribution in [1.82, 2.24) is 10.7 Å². The molecule has 0 bridgehead atoms. The summed E-state index contributed by atoms with van der Waals surface area (Å²) in [5.41, 5.74) is 2.61.